The zero-order valence-corrected chi connectivity index (χ0v) is 23.7. The second kappa shape index (κ2) is 12.5. The summed E-state index contributed by atoms with van der Waals surface area (Å²) < 4.78 is 10.3. The number of aryl methyl sites for hydroxylation is 1. The highest BCUT2D eigenvalue weighted by Gasteiger charge is 2.26. The third-order valence-electron chi connectivity index (χ3n) is 6.29. The zero-order chi connectivity index (χ0) is 28.7. The summed E-state index contributed by atoms with van der Waals surface area (Å²) in [6, 6.07) is 15.5. The Kier molecular flexibility index (Phi) is 8.90. The molecule has 2 aromatic carbocycles. The van der Waals surface area contributed by atoms with E-state index in [0.29, 0.717) is 24.7 Å². The molecule has 1 N–H and O–H groups in total. The molecular formula is C31H35N5O4. The first-order valence-corrected chi connectivity index (χ1v) is 13.2. The normalized spacial score (nSPS) is 13.2. The molecule has 1 fully saturated rings. The second-order valence-corrected chi connectivity index (χ2v) is 10.5. The Balaban J connectivity index is 1.39. The lowest BCUT2D eigenvalue weighted by Gasteiger charge is -2.36. The number of piperazine rings is 1. The first-order valence-electron chi connectivity index (χ1n) is 13.2. The number of anilines is 3. The summed E-state index contributed by atoms with van der Waals surface area (Å²) in [5, 5.41) is 3.25. The van der Waals surface area contributed by atoms with Crippen LogP contribution in [0.4, 0.5) is 22.1 Å². The molecule has 1 aromatic heterocycles. The predicted molar refractivity (Wildman–Crippen MR) is 155 cm³/mol. The standard InChI is InChI=1S/C31H35N5O4/c1-22-21-32-29(34-27(22)15-10-23-8-6-7-9-24(23)20-28(37)39-5)33-25-11-13-26(14-12-25)35-16-18-36(19-17-35)30(38)40-31(2,3)4/h6-9,11-14,21H,16-20H2,1-5H3,(H,32,33,34). The van der Waals surface area contributed by atoms with E-state index in [9.17, 15) is 9.59 Å². The van der Waals surface area contributed by atoms with Crippen LogP contribution in [0, 0.1) is 18.8 Å². The number of carbonyl (C=O) groups is 2. The Morgan fingerprint density at radius 1 is 1.00 bits per heavy atom. The largest absolute Gasteiger partial charge is 0.469 e. The molecular weight excluding hydrogens is 506 g/mol. The summed E-state index contributed by atoms with van der Waals surface area (Å²) in [5.41, 5.74) is 4.44. The topological polar surface area (TPSA) is 96.9 Å². The maximum absolute atomic E-state index is 12.3. The van der Waals surface area contributed by atoms with Crippen LogP contribution in [0.25, 0.3) is 0 Å². The molecule has 0 atom stereocenters. The van der Waals surface area contributed by atoms with Crippen molar-refractivity contribution in [1.29, 1.82) is 0 Å². The molecule has 0 unspecified atom stereocenters. The summed E-state index contributed by atoms with van der Waals surface area (Å²) >= 11 is 0. The highest BCUT2D eigenvalue weighted by Crippen LogP contribution is 2.22. The Bertz CT molecular complexity index is 1410. The number of benzene rings is 2. The molecule has 9 heteroatoms. The van der Waals surface area contributed by atoms with Gasteiger partial charge in [-0.15, -0.1) is 0 Å². The molecule has 0 aliphatic carbocycles. The van der Waals surface area contributed by atoms with Gasteiger partial charge in [0.05, 0.1) is 13.5 Å². The number of hydrogen-bond acceptors (Lipinski definition) is 8. The fourth-order valence-electron chi connectivity index (χ4n) is 4.14. The van der Waals surface area contributed by atoms with Gasteiger partial charge in [0, 0.05) is 54.9 Å². The van der Waals surface area contributed by atoms with Crippen LogP contribution in [0.5, 0.6) is 0 Å². The first kappa shape index (κ1) is 28.4. The van der Waals surface area contributed by atoms with Gasteiger partial charge in [0.15, 0.2) is 0 Å². The number of ether oxygens (including phenoxy) is 2. The van der Waals surface area contributed by atoms with Gasteiger partial charge in [0.2, 0.25) is 5.95 Å². The molecule has 1 amide bonds. The van der Waals surface area contributed by atoms with Crippen LogP contribution in [-0.2, 0) is 20.7 Å². The van der Waals surface area contributed by atoms with Crippen molar-refractivity contribution in [3.05, 3.63) is 77.1 Å². The molecule has 40 heavy (non-hydrogen) atoms. The Morgan fingerprint density at radius 3 is 2.38 bits per heavy atom. The van der Waals surface area contributed by atoms with Crippen molar-refractivity contribution < 1.29 is 19.1 Å². The van der Waals surface area contributed by atoms with Crippen molar-refractivity contribution in [3.63, 3.8) is 0 Å². The summed E-state index contributed by atoms with van der Waals surface area (Å²) in [4.78, 5) is 37.1. The molecule has 0 radical (unpaired) electrons. The number of carbonyl (C=O) groups excluding carboxylic acids is 2. The summed E-state index contributed by atoms with van der Waals surface area (Å²) in [6.07, 6.45) is 1.63. The Morgan fingerprint density at radius 2 is 1.70 bits per heavy atom. The number of amides is 1. The van der Waals surface area contributed by atoms with E-state index in [1.807, 2.05) is 76.2 Å². The third kappa shape index (κ3) is 7.73. The smallest absolute Gasteiger partial charge is 0.410 e. The zero-order valence-electron chi connectivity index (χ0n) is 23.7. The van der Waals surface area contributed by atoms with Crippen molar-refractivity contribution in [2.45, 2.75) is 39.7 Å². The van der Waals surface area contributed by atoms with Gasteiger partial charge in [0.1, 0.15) is 11.3 Å². The summed E-state index contributed by atoms with van der Waals surface area (Å²) in [5.74, 6) is 6.40. The van der Waals surface area contributed by atoms with Gasteiger partial charge in [-0.1, -0.05) is 24.1 Å². The SMILES string of the molecule is COC(=O)Cc1ccccc1C#Cc1nc(Nc2ccc(N3CCN(C(=O)OC(C)(C)C)CC3)cc2)ncc1C. The number of esters is 1. The average Bonchev–Trinajstić information content (AvgIpc) is 2.93. The molecule has 9 nitrogen and oxygen atoms in total. The molecule has 0 saturated carbocycles. The van der Waals surface area contributed by atoms with Crippen LogP contribution in [0.3, 0.4) is 0 Å². The lowest BCUT2D eigenvalue weighted by atomic mass is 10.0. The molecule has 0 spiro atoms. The van der Waals surface area contributed by atoms with E-state index in [-0.39, 0.29) is 18.5 Å². The predicted octanol–water partition coefficient (Wildman–Crippen LogP) is 4.70. The van der Waals surface area contributed by atoms with Crippen LogP contribution in [-0.4, -0.2) is 65.8 Å². The van der Waals surface area contributed by atoms with Gasteiger partial charge in [-0.2, -0.15) is 0 Å². The maximum atomic E-state index is 12.3. The van der Waals surface area contributed by atoms with Crippen LogP contribution in [0.2, 0.25) is 0 Å². The van der Waals surface area contributed by atoms with Crippen molar-refractivity contribution in [2.24, 2.45) is 0 Å². The number of methoxy groups -OCH3 is 1. The van der Waals surface area contributed by atoms with Crippen molar-refractivity contribution in [2.75, 3.05) is 43.5 Å². The molecule has 1 saturated heterocycles. The minimum Gasteiger partial charge on any atom is -0.469 e. The van der Waals surface area contributed by atoms with Gasteiger partial charge in [-0.3, -0.25) is 4.79 Å². The van der Waals surface area contributed by atoms with Gasteiger partial charge < -0.3 is 24.6 Å². The lowest BCUT2D eigenvalue weighted by molar-refractivity contribution is -0.139. The van der Waals surface area contributed by atoms with E-state index in [0.717, 1.165) is 41.2 Å². The van der Waals surface area contributed by atoms with Crippen LogP contribution in [0.15, 0.2) is 54.7 Å². The maximum Gasteiger partial charge on any atom is 0.410 e. The third-order valence-corrected chi connectivity index (χ3v) is 6.29. The monoisotopic (exact) mass is 541 g/mol. The molecule has 1 aliphatic heterocycles. The van der Waals surface area contributed by atoms with E-state index >= 15 is 0 Å². The van der Waals surface area contributed by atoms with Crippen molar-refractivity contribution >= 4 is 29.4 Å². The number of aromatic nitrogens is 2. The number of nitrogens with one attached hydrogen (secondary N) is 1. The molecule has 0 bridgehead atoms. The fourth-order valence-corrected chi connectivity index (χ4v) is 4.14. The molecule has 4 rings (SSSR count). The summed E-state index contributed by atoms with van der Waals surface area (Å²) in [7, 11) is 1.37. The van der Waals surface area contributed by atoms with E-state index in [4.69, 9.17) is 9.47 Å². The molecule has 2 heterocycles. The van der Waals surface area contributed by atoms with Gasteiger partial charge >= 0.3 is 12.1 Å². The Labute approximate surface area is 235 Å². The summed E-state index contributed by atoms with van der Waals surface area (Å²) in [6.45, 7) is 10.2. The van der Waals surface area contributed by atoms with Crippen molar-refractivity contribution in [1.82, 2.24) is 14.9 Å². The van der Waals surface area contributed by atoms with Crippen LogP contribution in [0.1, 0.15) is 43.2 Å². The fraction of sp³-hybridized carbons (Fsp3) is 0.355. The van der Waals surface area contributed by atoms with Gasteiger partial charge in [0.25, 0.3) is 0 Å². The molecule has 3 aromatic rings. The number of rotatable bonds is 5. The molecule has 208 valence electrons. The average molecular weight is 542 g/mol. The van der Waals surface area contributed by atoms with Crippen LogP contribution < -0.4 is 10.2 Å². The number of nitrogens with zero attached hydrogens (tertiary/aromatic N) is 4. The lowest BCUT2D eigenvalue weighted by Crippen LogP contribution is -2.50. The highest BCUT2D eigenvalue weighted by molar-refractivity contribution is 5.73. The van der Waals surface area contributed by atoms with Crippen LogP contribution >= 0.6 is 0 Å². The van der Waals surface area contributed by atoms with E-state index in [1.165, 1.54) is 7.11 Å². The van der Waals surface area contributed by atoms with Gasteiger partial charge in [-0.05, 0) is 69.5 Å². The number of hydrogen-bond donors (Lipinski definition) is 1. The molecule has 1 aliphatic rings. The van der Waals surface area contributed by atoms with E-state index < -0.39 is 5.60 Å². The van der Waals surface area contributed by atoms with E-state index in [2.05, 4.69) is 32.0 Å². The Hall–Kier alpha value is -4.58. The first-order chi connectivity index (χ1) is 19.1. The highest BCUT2D eigenvalue weighted by atomic mass is 16.6. The minimum atomic E-state index is -0.497. The van der Waals surface area contributed by atoms with Gasteiger partial charge in [-0.25, -0.2) is 14.8 Å². The van der Waals surface area contributed by atoms with E-state index in [1.54, 1.807) is 11.1 Å². The minimum absolute atomic E-state index is 0.159. The second-order valence-electron chi connectivity index (χ2n) is 10.5. The quantitative estimate of drug-likeness (QED) is 0.367. The van der Waals surface area contributed by atoms with Crippen molar-refractivity contribution in [3.8, 4) is 11.8 Å².